The molecule has 1 heterocycles. The maximum Gasteiger partial charge on any atom is 0.326 e. The third-order valence-corrected chi connectivity index (χ3v) is 4.99. The predicted octanol–water partition coefficient (Wildman–Crippen LogP) is 2.66. The van der Waals surface area contributed by atoms with Crippen molar-refractivity contribution < 1.29 is 19.1 Å². The first-order valence-corrected chi connectivity index (χ1v) is 10.2. The van der Waals surface area contributed by atoms with E-state index in [-0.39, 0.29) is 19.0 Å². The molecule has 0 aliphatic carbocycles. The van der Waals surface area contributed by atoms with Crippen LogP contribution >= 0.6 is 15.9 Å². The average molecular weight is 473 g/mol. The second kappa shape index (κ2) is 10.0. The van der Waals surface area contributed by atoms with Crippen LogP contribution in [0.25, 0.3) is 11.0 Å². The lowest BCUT2D eigenvalue weighted by molar-refractivity contribution is -0.149. The molecular weight excluding hydrogens is 452 g/mol. The van der Waals surface area contributed by atoms with Crippen LogP contribution < -0.4 is 10.6 Å². The van der Waals surface area contributed by atoms with Crippen LogP contribution in [-0.2, 0) is 32.1 Å². The summed E-state index contributed by atoms with van der Waals surface area (Å²) >= 11 is 3.33. The van der Waals surface area contributed by atoms with E-state index in [0.29, 0.717) is 12.1 Å². The first-order chi connectivity index (χ1) is 14.5. The molecule has 0 saturated carbocycles. The molecule has 9 heteroatoms. The van der Waals surface area contributed by atoms with Crippen LogP contribution in [0.4, 0.5) is 5.69 Å². The maximum atomic E-state index is 12.2. The molecule has 0 spiro atoms. The number of carbonyl (C=O) groups is 3. The minimum Gasteiger partial charge on any atom is -0.454 e. The number of halogens is 1. The standard InChI is InChI=1S/C21H21BrN4O4/c1-2-18-24-16-9-5-6-10-17(16)26(18)12-21(29)30-13-20(28)23-11-19(27)25-15-8-4-3-7-14(15)22/h3-10H,2,11-13H2,1H3,(H,23,28)(H,25,27). The number of hydrogen-bond acceptors (Lipinski definition) is 5. The van der Waals surface area contributed by atoms with Gasteiger partial charge < -0.3 is 19.9 Å². The molecule has 2 amide bonds. The van der Waals surface area contributed by atoms with E-state index in [2.05, 4.69) is 31.5 Å². The van der Waals surface area contributed by atoms with Gasteiger partial charge in [0.15, 0.2) is 6.61 Å². The summed E-state index contributed by atoms with van der Waals surface area (Å²) in [5.74, 6) is -0.738. The molecule has 8 nitrogen and oxygen atoms in total. The topological polar surface area (TPSA) is 102 Å². The Morgan fingerprint density at radius 1 is 1.07 bits per heavy atom. The molecule has 3 rings (SSSR count). The third kappa shape index (κ3) is 5.44. The smallest absolute Gasteiger partial charge is 0.326 e. The number of ether oxygens (including phenoxy) is 1. The minimum absolute atomic E-state index is 0.0422. The Morgan fingerprint density at radius 3 is 2.57 bits per heavy atom. The summed E-state index contributed by atoms with van der Waals surface area (Å²) in [5, 5.41) is 5.10. The van der Waals surface area contributed by atoms with E-state index in [4.69, 9.17) is 4.74 Å². The van der Waals surface area contributed by atoms with Crippen LogP contribution in [0, 0.1) is 0 Å². The SMILES string of the molecule is CCc1nc2ccccc2n1CC(=O)OCC(=O)NCC(=O)Nc1ccccc1Br. The van der Waals surface area contributed by atoms with E-state index in [9.17, 15) is 14.4 Å². The number of benzene rings is 2. The van der Waals surface area contributed by atoms with E-state index in [1.165, 1.54) is 0 Å². The summed E-state index contributed by atoms with van der Waals surface area (Å²) in [7, 11) is 0. The molecule has 0 aliphatic rings. The van der Waals surface area contributed by atoms with Gasteiger partial charge in [0.2, 0.25) is 5.91 Å². The number of para-hydroxylation sites is 3. The summed E-state index contributed by atoms with van der Waals surface area (Å²) < 4.78 is 7.57. The monoisotopic (exact) mass is 472 g/mol. The van der Waals surface area contributed by atoms with Gasteiger partial charge in [-0.15, -0.1) is 0 Å². The van der Waals surface area contributed by atoms with Crippen molar-refractivity contribution in [1.82, 2.24) is 14.9 Å². The fraction of sp³-hybridized carbons (Fsp3) is 0.238. The predicted molar refractivity (Wildman–Crippen MR) is 116 cm³/mol. The Hall–Kier alpha value is -3.20. The lowest BCUT2D eigenvalue weighted by Gasteiger charge is -2.10. The van der Waals surface area contributed by atoms with Crippen molar-refractivity contribution in [2.45, 2.75) is 19.9 Å². The normalized spacial score (nSPS) is 10.6. The molecule has 1 aromatic heterocycles. The van der Waals surface area contributed by atoms with E-state index < -0.39 is 18.5 Å². The number of esters is 1. The number of fused-ring (bicyclic) bond motifs is 1. The van der Waals surface area contributed by atoms with Crippen LogP contribution in [-0.4, -0.2) is 40.5 Å². The van der Waals surface area contributed by atoms with Crippen molar-refractivity contribution in [3.63, 3.8) is 0 Å². The molecule has 0 aliphatic heterocycles. The van der Waals surface area contributed by atoms with Gasteiger partial charge >= 0.3 is 5.97 Å². The van der Waals surface area contributed by atoms with Crippen molar-refractivity contribution in [2.24, 2.45) is 0 Å². The Bertz CT molecular complexity index is 1080. The minimum atomic E-state index is -0.558. The fourth-order valence-electron chi connectivity index (χ4n) is 2.88. The van der Waals surface area contributed by atoms with Gasteiger partial charge in [-0.1, -0.05) is 31.2 Å². The summed E-state index contributed by atoms with van der Waals surface area (Å²) in [6, 6.07) is 14.6. The number of anilines is 1. The van der Waals surface area contributed by atoms with Gasteiger partial charge in [0.1, 0.15) is 12.4 Å². The van der Waals surface area contributed by atoms with Crippen molar-refractivity contribution in [2.75, 3.05) is 18.5 Å². The molecule has 0 saturated heterocycles. The highest BCUT2D eigenvalue weighted by molar-refractivity contribution is 9.10. The molecule has 156 valence electrons. The van der Waals surface area contributed by atoms with E-state index in [1.807, 2.05) is 37.3 Å². The van der Waals surface area contributed by atoms with Crippen molar-refractivity contribution >= 4 is 50.4 Å². The highest BCUT2D eigenvalue weighted by Crippen LogP contribution is 2.20. The maximum absolute atomic E-state index is 12.2. The average Bonchev–Trinajstić information content (AvgIpc) is 3.10. The molecule has 0 radical (unpaired) electrons. The Balaban J connectivity index is 1.46. The quantitative estimate of drug-likeness (QED) is 0.490. The molecule has 0 bridgehead atoms. The summed E-state index contributed by atoms with van der Waals surface area (Å²) in [4.78, 5) is 40.6. The summed E-state index contributed by atoms with van der Waals surface area (Å²) in [5.41, 5.74) is 2.23. The lowest BCUT2D eigenvalue weighted by atomic mass is 10.3. The molecular formula is C21H21BrN4O4. The van der Waals surface area contributed by atoms with Gasteiger partial charge in [-0.2, -0.15) is 0 Å². The number of imidazole rings is 1. The van der Waals surface area contributed by atoms with Crippen LogP contribution in [0.2, 0.25) is 0 Å². The molecule has 0 unspecified atom stereocenters. The lowest BCUT2D eigenvalue weighted by Crippen LogP contribution is -2.36. The summed E-state index contributed by atoms with van der Waals surface area (Å²) in [6.45, 7) is 1.22. The molecule has 0 atom stereocenters. The van der Waals surface area contributed by atoms with Crippen molar-refractivity contribution in [1.29, 1.82) is 0 Å². The fourth-order valence-corrected chi connectivity index (χ4v) is 3.26. The molecule has 2 aromatic carbocycles. The molecule has 30 heavy (non-hydrogen) atoms. The zero-order chi connectivity index (χ0) is 21.5. The van der Waals surface area contributed by atoms with Crippen LogP contribution in [0.15, 0.2) is 53.0 Å². The van der Waals surface area contributed by atoms with Crippen molar-refractivity contribution in [3.05, 3.63) is 58.8 Å². The number of rotatable bonds is 8. The number of hydrogen-bond donors (Lipinski definition) is 2. The Labute approximate surface area is 181 Å². The van der Waals surface area contributed by atoms with Crippen LogP contribution in [0.3, 0.4) is 0 Å². The highest BCUT2D eigenvalue weighted by Gasteiger charge is 2.15. The highest BCUT2D eigenvalue weighted by atomic mass is 79.9. The molecule has 2 N–H and O–H groups in total. The number of nitrogens with zero attached hydrogens (tertiary/aromatic N) is 2. The number of amides is 2. The zero-order valence-electron chi connectivity index (χ0n) is 16.4. The van der Waals surface area contributed by atoms with E-state index in [1.54, 1.807) is 22.8 Å². The number of carbonyl (C=O) groups excluding carboxylic acids is 3. The van der Waals surface area contributed by atoms with Crippen LogP contribution in [0.1, 0.15) is 12.7 Å². The largest absolute Gasteiger partial charge is 0.454 e. The van der Waals surface area contributed by atoms with Gasteiger partial charge in [0.25, 0.3) is 5.91 Å². The zero-order valence-corrected chi connectivity index (χ0v) is 17.9. The van der Waals surface area contributed by atoms with Gasteiger partial charge in [-0.3, -0.25) is 14.4 Å². The number of aromatic nitrogens is 2. The van der Waals surface area contributed by atoms with Gasteiger partial charge in [-0.25, -0.2) is 4.98 Å². The van der Waals surface area contributed by atoms with Gasteiger partial charge in [0, 0.05) is 10.9 Å². The van der Waals surface area contributed by atoms with Crippen LogP contribution in [0.5, 0.6) is 0 Å². The Kier molecular flexibility index (Phi) is 7.18. The molecule has 3 aromatic rings. The number of nitrogens with one attached hydrogen (secondary N) is 2. The van der Waals surface area contributed by atoms with Gasteiger partial charge in [0.05, 0.1) is 23.3 Å². The molecule has 0 fully saturated rings. The number of aryl methyl sites for hydroxylation is 1. The van der Waals surface area contributed by atoms with Crippen molar-refractivity contribution in [3.8, 4) is 0 Å². The van der Waals surface area contributed by atoms with Gasteiger partial charge in [-0.05, 0) is 40.2 Å². The third-order valence-electron chi connectivity index (χ3n) is 4.30. The summed E-state index contributed by atoms with van der Waals surface area (Å²) in [6.07, 6.45) is 0.662. The second-order valence-electron chi connectivity index (χ2n) is 6.42. The van der Waals surface area contributed by atoms with E-state index in [0.717, 1.165) is 21.3 Å². The first kappa shape index (κ1) is 21.5. The second-order valence-corrected chi connectivity index (χ2v) is 7.28. The first-order valence-electron chi connectivity index (χ1n) is 9.38. The van der Waals surface area contributed by atoms with E-state index >= 15 is 0 Å². The Morgan fingerprint density at radius 2 is 1.80 bits per heavy atom.